The van der Waals surface area contributed by atoms with Gasteiger partial charge in [0, 0.05) is 37.8 Å². The number of morpholine rings is 1. The molecule has 1 aromatic carbocycles. The maximum Gasteiger partial charge on any atom is 0.320 e. The van der Waals surface area contributed by atoms with Crippen LogP contribution in [0.1, 0.15) is 24.8 Å². The highest BCUT2D eigenvalue weighted by Crippen LogP contribution is 2.53. The minimum absolute atomic E-state index is 0.0121. The van der Waals surface area contributed by atoms with Crippen molar-refractivity contribution in [3.8, 4) is 0 Å². The first-order valence-electron chi connectivity index (χ1n) is 10.9. The van der Waals surface area contributed by atoms with Gasteiger partial charge in [-0.2, -0.15) is 0 Å². The van der Waals surface area contributed by atoms with Crippen molar-refractivity contribution < 1.29 is 22.7 Å². The molecule has 1 saturated carbocycles. The first-order chi connectivity index (χ1) is 14.7. The molecule has 0 aromatic heterocycles. The number of piperidine rings is 1. The molecule has 4 fully saturated rings. The van der Waals surface area contributed by atoms with E-state index in [0.717, 1.165) is 44.3 Å². The lowest BCUT2D eigenvalue weighted by atomic mass is 9.56. The zero-order valence-electron chi connectivity index (χ0n) is 17.7. The van der Waals surface area contributed by atoms with E-state index in [0.29, 0.717) is 23.9 Å². The molecule has 1 spiro atoms. The largest absolute Gasteiger partial charge is 0.366 e. The molecule has 0 radical (unpaired) electrons. The van der Waals surface area contributed by atoms with E-state index in [1.807, 2.05) is 21.9 Å². The molecule has 5 rings (SSSR count). The van der Waals surface area contributed by atoms with Crippen molar-refractivity contribution in [1.82, 2.24) is 15.1 Å². The van der Waals surface area contributed by atoms with Crippen LogP contribution in [0.5, 0.6) is 0 Å². The molecule has 31 heavy (non-hydrogen) atoms. The highest BCUT2D eigenvalue weighted by atomic mass is 32.2. The van der Waals surface area contributed by atoms with E-state index in [1.165, 1.54) is 6.26 Å². The first kappa shape index (κ1) is 20.8. The Bertz CT molecular complexity index is 996. The average Bonchev–Trinajstić information content (AvgIpc) is 2.67. The molecule has 9 heteroatoms. The number of benzene rings is 1. The molecule has 1 aromatic rings. The van der Waals surface area contributed by atoms with Gasteiger partial charge in [-0.3, -0.25) is 4.79 Å². The SMILES string of the molecule is CS(=O)(=O)c1cccc(CC2CC3(C2)CN(C(=O)N2CC[C@@H]4OCC(=O)N[C@@H]4C2)C3)c1. The normalized spacial score (nSPS) is 27.8. The number of nitrogens with one attached hydrogen (secondary N) is 1. The predicted molar refractivity (Wildman–Crippen MR) is 113 cm³/mol. The van der Waals surface area contributed by atoms with E-state index in [2.05, 4.69) is 5.32 Å². The quantitative estimate of drug-likeness (QED) is 0.747. The first-order valence-corrected chi connectivity index (χ1v) is 12.8. The Morgan fingerprint density at radius 2 is 2.03 bits per heavy atom. The molecule has 0 unspecified atom stereocenters. The molecule has 0 bridgehead atoms. The average molecular weight is 448 g/mol. The Morgan fingerprint density at radius 1 is 1.26 bits per heavy atom. The van der Waals surface area contributed by atoms with E-state index in [-0.39, 0.29) is 36.1 Å². The maximum absolute atomic E-state index is 12.9. The minimum atomic E-state index is -3.18. The third kappa shape index (κ3) is 4.05. The number of fused-ring (bicyclic) bond motifs is 1. The van der Waals surface area contributed by atoms with Crippen LogP contribution in [0.25, 0.3) is 0 Å². The van der Waals surface area contributed by atoms with Gasteiger partial charge in [-0.05, 0) is 49.3 Å². The molecule has 2 atom stereocenters. The number of carbonyl (C=O) groups is 2. The summed E-state index contributed by atoms with van der Waals surface area (Å²) in [6.45, 7) is 2.87. The van der Waals surface area contributed by atoms with Gasteiger partial charge in [0.15, 0.2) is 9.84 Å². The van der Waals surface area contributed by atoms with Crippen molar-refractivity contribution in [3.05, 3.63) is 29.8 Å². The Kier molecular flexibility index (Phi) is 5.01. The molecule has 1 N–H and O–H groups in total. The van der Waals surface area contributed by atoms with Crippen LogP contribution in [0.3, 0.4) is 0 Å². The summed E-state index contributed by atoms with van der Waals surface area (Å²) in [5.41, 5.74) is 1.30. The van der Waals surface area contributed by atoms with Crippen molar-refractivity contribution in [2.45, 2.75) is 42.7 Å². The predicted octanol–water partition coefficient (Wildman–Crippen LogP) is 1.05. The number of likely N-dealkylation sites (tertiary alicyclic amines) is 2. The van der Waals surface area contributed by atoms with Gasteiger partial charge in [0.2, 0.25) is 5.91 Å². The van der Waals surface area contributed by atoms with Gasteiger partial charge in [-0.1, -0.05) is 12.1 Å². The lowest BCUT2D eigenvalue weighted by Crippen LogP contribution is -2.68. The van der Waals surface area contributed by atoms with Crippen LogP contribution in [0.4, 0.5) is 4.79 Å². The molecular weight excluding hydrogens is 418 g/mol. The van der Waals surface area contributed by atoms with Crippen molar-refractivity contribution in [3.63, 3.8) is 0 Å². The number of carbonyl (C=O) groups excluding carboxylic acids is 2. The second kappa shape index (κ2) is 7.48. The Labute approximate surface area is 182 Å². The fourth-order valence-corrected chi connectivity index (χ4v) is 6.47. The van der Waals surface area contributed by atoms with Crippen LogP contribution in [0, 0.1) is 11.3 Å². The second-order valence-corrected chi connectivity index (χ2v) is 11.8. The van der Waals surface area contributed by atoms with Gasteiger partial charge in [-0.15, -0.1) is 0 Å². The lowest BCUT2D eigenvalue weighted by molar-refractivity contribution is -0.140. The lowest BCUT2D eigenvalue weighted by Gasteiger charge is -2.60. The maximum atomic E-state index is 12.9. The smallest absolute Gasteiger partial charge is 0.320 e. The number of rotatable bonds is 3. The van der Waals surface area contributed by atoms with Gasteiger partial charge in [0.25, 0.3) is 0 Å². The summed E-state index contributed by atoms with van der Waals surface area (Å²) in [6.07, 6.45) is 5.04. The summed E-state index contributed by atoms with van der Waals surface area (Å²) in [5, 5.41) is 2.94. The number of nitrogens with zero attached hydrogens (tertiary/aromatic N) is 2. The van der Waals surface area contributed by atoms with E-state index < -0.39 is 9.84 Å². The monoisotopic (exact) mass is 447 g/mol. The van der Waals surface area contributed by atoms with Gasteiger partial charge < -0.3 is 19.9 Å². The molecule has 1 aliphatic carbocycles. The molecular formula is C22H29N3O5S. The molecule has 3 aliphatic heterocycles. The van der Waals surface area contributed by atoms with E-state index in [9.17, 15) is 18.0 Å². The number of sulfone groups is 1. The van der Waals surface area contributed by atoms with Gasteiger partial charge >= 0.3 is 6.03 Å². The van der Waals surface area contributed by atoms with E-state index in [4.69, 9.17) is 4.74 Å². The standard InChI is InChI=1S/C22H29N3O5S/c1-31(28,29)17-4-2-3-15(8-17)7-16-9-22(10-16)13-25(14-22)21(27)24-6-5-19-18(11-24)23-20(26)12-30-19/h2-4,8,16,18-19H,5-7,9-14H2,1H3,(H,23,26)/t18-,19+/m1/s1. The summed E-state index contributed by atoms with van der Waals surface area (Å²) in [4.78, 5) is 28.6. The topological polar surface area (TPSA) is 96.0 Å². The fourth-order valence-electron chi connectivity index (χ4n) is 5.78. The molecule has 168 valence electrons. The van der Waals surface area contributed by atoms with E-state index >= 15 is 0 Å². The second-order valence-electron chi connectivity index (χ2n) is 9.79. The van der Waals surface area contributed by atoms with Gasteiger partial charge in [-0.25, -0.2) is 13.2 Å². The summed E-state index contributed by atoms with van der Waals surface area (Å²) in [5.74, 6) is 0.429. The number of ether oxygens (including phenoxy) is 1. The van der Waals surface area contributed by atoms with Crippen LogP contribution in [-0.4, -0.2) is 81.3 Å². The zero-order valence-corrected chi connectivity index (χ0v) is 18.6. The van der Waals surface area contributed by atoms with Crippen LogP contribution < -0.4 is 5.32 Å². The Hall–Kier alpha value is -2.13. The van der Waals surface area contributed by atoms with Crippen LogP contribution in [0.15, 0.2) is 29.2 Å². The molecule has 8 nitrogen and oxygen atoms in total. The van der Waals surface area contributed by atoms with Gasteiger partial charge in [0.1, 0.15) is 6.61 Å². The summed E-state index contributed by atoms with van der Waals surface area (Å²) in [7, 11) is -3.18. The Morgan fingerprint density at radius 3 is 2.77 bits per heavy atom. The highest BCUT2D eigenvalue weighted by molar-refractivity contribution is 7.90. The van der Waals surface area contributed by atoms with E-state index in [1.54, 1.807) is 12.1 Å². The van der Waals surface area contributed by atoms with Crippen molar-refractivity contribution in [2.75, 3.05) is 39.0 Å². The van der Waals surface area contributed by atoms with Crippen LogP contribution in [-0.2, 0) is 25.8 Å². The minimum Gasteiger partial charge on any atom is -0.366 e. The highest BCUT2D eigenvalue weighted by Gasteiger charge is 2.54. The fraction of sp³-hybridized carbons (Fsp3) is 0.636. The number of hydrogen-bond donors (Lipinski definition) is 1. The van der Waals surface area contributed by atoms with Crippen LogP contribution >= 0.6 is 0 Å². The molecule has 3 heterocycles. The molecule has 3 saturated heterocycles. The van der Waals surface area contributed by atoms with Crippen LogP contribution in [0.2, 0.25) is 0 Å². The summed E-state index contributed by atoms with van der Waals surface area (Å²) in [6, 6.07) is 7.19. The third-order valence-electron chi connectivity index (χ3n) is 7.21. The summed E-state index contributed by atoms with van der Waals surface area (Å²) < 4.78 is 29.1. The summed E-state index contributed by atoms with van der Waals surface area (Å²) >= 11 is 0. The van der Waals surface area contributed by atoms with Crippen molar-refractivity contribution >= 4 is 21.8 Å². The number of hydrogen-bond acceptors (Lipinski definition) is 5. The van der Waals surface area contributed by atoms with Crippen molar-refractivity contribution in [2.24, 2.45) is 11.3 Å². The number of urea groups is 1. The van der Waals surface area contributed by atoms with Gasteiger partial charge in [0.05, 0.1) is 17.0 Å². The zero-order chi connectivity index (χ0) is 21.8. The number of amides is 3. The molecule has 3 amide bonds. The van der Waals surface area contributed by atoms with Crippen molar-refractivity contribution in [1.29, 1.82) is 0 Å². The molecule has 4 aliphatic rings. The Balaban J connectivity index is 1.10. The third-order valence-corrected chi connectivity index (χ3v) is 8.32.